The second kappa shape index (κ2) is 10.7. The molecule has 8 heteroatoms. The van der Waals surface area contributed by atoms with Crippen molar-refractivity contribution in [3.63, 3.8) is 0 Å². The molecule has 2 aromatic carbocycles. The zero-order valence-corrected chi connectivity index (χ0v) is 16.3. The number of amides is 2. The van der Waals surface area contributed by atoms with Crippen molar-refractivity contribution in [1.29, 1.82) is 0 Å². The first kappa shape index (κ1) is 20.9. The van der Waals surface area contributed by atoms with Gasteiger partial charge in [-0.2, -0.15) is 0 Å². The summed E-state index contributed by atoms with van der Waals surface area (Å²) in [7, 11) is 1.58. The lowest BCUT2D eigenvalue weighted by molar-refractivity contribution is -0.123. The molecule has 2 rings (SSSR count). The minimum absolute atomic E-state index is 0.0337. The Balaban J connectivity index is 1.70. The fourth-order valence-corrected chi connectivity index (χ4v) is 2.25. The van der Waals surface area contributed by atoms with Crippen LogP contribution in [0.2, 0.25) is 0 Å². The van der Waals surface area contributed by atoms with Gasteiger partial charge in [-0.05, 0) is 54.5 Å². The minimum Gasteiger partial charge on any atom is -0.497 e. The molecule has 0 aliphatic carbocycles. The van der Waals surface area contributed by atoms with Gasteiger partial charge in [0, 0.05) is 6.08 Å². The quantitative estimate of drug-likeness (QED) is 0.392. The van der Waals surface area contributed by atoms with E-state index in [0.717, 1.165) is 16.9 Å². The second-order valence-electron chi connectivity index (χ2n) is 5.65. The average molecular weight is 399 g/mol. The van der Waals surface area contributed by atoms with E-state index in [2.05, 4.69) is 16.2 Å². The Labute approximate surface area is 168 Å². The maximum absolute atomic E-state index is 11.9. The van der Waals surface area contributed by atoms with Crippen LogP contribution in [0.1, 0.15) is 11.1 Å². The van der Waals surface area contributed by atoms with Gasteiger partial charge in [-0.3, -0.25) is 25.8 Å². The van der Waals surface area contributed by atoms with Crippen LogP contribution in [0.5, 0.6) is 11.5 Å². The van der Waals surface area contributed by atoms with Crippen molar-refractivity contribution in [3.05, 3.63) is 65.7 Å². The van der Waals surface area contributed by atoms with Gasteiger partial charge in [0.25, 0.3) is 5.91 Å². The van der Waals surface area contributed by atoms with Crippen LogP contribution in [-0.2, 0) is 9.59 Å². The van der Waals surface area contributed by atoms with Crippen LogP contribution in [0, 0.1) is 6.92 Å². The SMILES string of the molecule is COc1ccc(C=CC(=O)NC(=S)NNC(=O)COc2ccccc2C)cc1. The Bertz CT molecular complexity index is 866. The third-order valence-electron chi connectivity index (χ3n) is 3.55. The van der Waals surface area contributed by atoms with Gasteiger partial charge in [-0.15, -0.1) is 0 Å². The number of hydrogen-bond acceptors (Lipinski definition) is 5. The van der Waals surface area contributed by atoms with E-state index in [4.69, 9.17) is 21.7 Å². The number of methoxy groups -OCH3 is 1. The van der Waals surface area contributed by atoms with Crippen LogP contribution in [0.4, 0.5) is 0 Å². The third kappa shape index (κ3) is 7.08. The van der Waals surface area contributed by atoms with Crippen molar-refractivity contribution >= 4 is 35.2 Å². The summed E-state index contributed by atoms with van der Waals surface area (Å²) in [4.78, 5) is 23.6. The molecule has 0 heterocycles. The summed E-state index contributed by atoms with van der Waals surface area (Å²) < 4.78 is 10.5. The van der Waals surface area contributed by atoms with Crippen molar-refractivity contribution in [3.8, 4) is 11.5 Å². The van der Waals surface area contributed by atoms with E-state index in [1.165, 1.54) is 6.08 Å². The second-order valence-corrected chi connectivity index (χ2v) is 6.06. The van der Waals surface area contributed by atoms with Crippen LogP contribution in [0.25, 0.3) is 6.08 Å². The van der Waals surface area contributed by atoms with Gasteiger partial charge in [0.15, 0.2) is 11.7 Å². The highest BCUT2D eigenvalue weighted by Gasteiger charge is 2.06. The average Bonchev–Trinajstić information content (AvgIpc) is 2.70. The Morgan fingerprint density at radius 3 is 2.46 bits per heavy atom. The van der Waals surface area contributed by atoms with E-state index in [9.17, 15) is 9.59 Å². The van der Waals surface area contributed by atoms with Crippen LogP contribution in [0.3, 0.4) is 0 Å². The highest BCUT2D eigenvalue weighted by Crippen LogP contribution is 2.15. The summed E-state index contributed by atoms with van der Waals surface area (Å²) in [5, 5.41) is 2.39. The Morgan fingerprint density at radius 2 is 1.79 bits per heavy atom. The van der Waals surface area contributed by atoms with E-state index in [1.54, 1.807) is 31.4 Å². The highest BCUT2D eigenvalue weighted by molar-refractivity contribution is 7.80. The molecule has 0 aromatic heterocycles. The zero-order chi connectivity index (χ0) is 20.4. The number of para-hydroxylation sites is 1. The van der Waals surface area contributed by atoms with E-state index < -0.39 is 11.8 Å². The number of hydrazine groups is 1. The Hall–Kier alpha value is -3.39. The molecule has 2 amide bonds. The molecule has 3 N–H and O–H groups in total. The van der Waals surface area contributed by atoms with Gasteiger partial charge in [0.2, 0.25) is 5.91 Å². The van der Waals surface area contributed by atoms with E-state index in [-0.39, 0.29) is 11.7 Å². The van der Waals surface area contributed by atoms with Crippen LogP contribution >= 0.6 is 12.2 Å². The lowest BCUT2D eigenvalue weighted by Gasteiger charge is -2.11. The number of aryl methyl sites for hydroxylation is 1. The summed E-state index contributed by atoms with van der Waals surface area (Å²) in [5.74, 6) is 0.485. The lowest BCUT2D eigenvalue weighted by atomic mass is 10.2. The molecule has 0 saturated carbocycles. The molecular weight excluding hydrogens is 378 g/mol. The molecular formula is C20H21N3O4S. The predicted molar refractivity (Wildman–Crippen MR) is 111 cm³/mol. The number of nitrogens with one attached hydrogen (secondary N) is 3. The van der Waals surface area contributed by atoms with E-state index in [1.807, 2.05) is 37.3 Å². The molecule has 0 fully saturated rings. The van der Waals surface area contributed by atoms with Crippen LogP contribution in [-0.4, -0.2) is 30.6 Å². The van der Waals surface area contributed by atoms with Crippen LogP contribution in [0.15, 0.2) is 54.6 Å². The summed E-state index contributed by atoms with van der Waals surface area (Å²) in [6.45, 7) is 1.70. The first-order valence-corrected chi connectivity index (χ1v) is 8.79. The summed E-state index contributed by atoms with van der Waals surface area (Å²) in [6.07, 6.45) is 2.96. The Morgan fingerprint density at radius 1 is 1.07 bits per heavy atom. The normalized spacial score (nSPS) is 10.2. The fraction of sp³-hybridized carbons (Fsp3) is 0.150. The molecule has 7 nitrogen and oxygen atoms in total. The molecule has 0 aliphatic heterocycles. The number of carbonyl (C=O) groups excluding carboxylic acids is 2. The van der Waals surface area contributed by atoms with Gasteiger partial charge < -0.3 is 9.47 Å². The summed E-state index contributed by atoms with van der Waals surface area (Å²) in [6, 6.07) is 14.6. The minimum atomic E-state index is -0.436. The summed E-state index contributed by atoms with van der Waals surface area (Å²) in [5.41, 5.74) is 6.56. The number of thiocarbonyl (C=S) groups is 1. The largest absolute Gasteiger partial charge is 0.497 e. The fourth-order valence-electron chi connectivity index (χ4n) is 2.10. The number of ether oxygens (including phenoxy) is 2. The number of hydrogen-bond donors (Lipinski definition) is 3. The topological polar surface area (TPSA) is 88.7 Å². The molecule has 0 unspecified atom stereocenters. The molecule has 0 bridgehead atoms. The van der Waals surface area contributed by atoms with Crippen molar-refractivity contribution in [2.75, 3.05) is 13.7 Å². The predicted octanol–water partition coefficient (Wildman–Crippen LogP) is 2.12. The van der Waals surface area contributed by atoms with Gasteiger partial charge in [-0.25, -0.2) is 0 Å². The van der Waals surface area contributed by atoms with Gasteiger partial charge in [0.05, 0.1) is 7.11 Å². The molecule has 0 aliphatic rings. The van der Waals surface area contributed by atoms with Gasteiger partial charge >= 0.3 is 0 Å². The lowest BCUT2D eigenvalue weighted by Crippen LogP contribution is -2.49. The Kier molecular flexibility index (Phi) is 7.98. The molecule has 0 radical (unpaired) electrons. The number of benzene rings is 2. The van der Waals surface area contributed by atoms with Gasteiger partial charge in [0.1, 0.15) is 11.5 Å². The maximum Gasteiger partial charge on any atom is 0.276 e. The molecule has 0 spiro atoms. The molecule has 28 heavy (non-hydrogen) atoms. The molecule has 0 saturated heterocycles. The maximum atomic E-state index is 11.9. The zero-order valence-electron chi connectivity index (χ0n) is 15.5. The van der Waals surface area contributed by atoms with Crippen molar-refractivity contribution in [2.24, 2.45) is 0 Å². The van der Waals surface area contributed by atoms with Crippen LogP contribution < -0.4 is 25.6 Å². The standard InChI is InChI=1S/C20H21N3O4S/c1-14-5-3-4-6-17(14)27-13-19(25)22-23-20(28)21-18(24)12-9-15-7-10-16(26-2)11-8-15/h3-12H,13H2,1-2H3,(H,22,25)(H2,21,23,24,28). The molecule has 0 atom stereocenters. The van der Waals surface area contributed by atoms with E-state index >= 15 is 0 Å². The molecule has 2 aromatic rings. The third-order valence-corrected chi connectivity index (χ3v) is 3.75. The first-order valence-electron chi connectivity index (χ1n) is 8.38. The highest BCUT2D eigenvalue weighted by atomic mass is 32.1. The summed E-state index contributed by atoms with van der Waals surface area (Å²) >= 11 is 4.96. The molecule has 146 valence electrons. The van der Waals surface area contributed by atoms with Crippen molar-refractivity contribution in [2.45, 2.75) is 6.92 Å². The van der Waals surface area contributed by atoms with Crippen molar-refractivity contribution < 1.29 is 19.1 Å². The first-order chi connectivity index (χ1) is 13.5. The smallest absolute Gasteiger partial charge is 0.276 e. The van der Waals surface area contributed by atoms with Crippen molar-refractivity contribution in [1.82, 2.24) is 16.2 Å². The monoisotopic (exact) mass is 399 g/mol. The van der Waals surface area contributed by atoms with E-state index in [0.29, 0.717) is 5.75 Å². The van der Waals surface area contributed by atoms with Gasteiger partial charge in [-0.1, -0.05) is 30.3 Å². The number of rotatable bonds is 6. The number of carbonyl (C=O) groups is 2.